The maximum Gasteiger partial charge on any atom is 0.224 e. The van der Waals surface area contributed by atoms with Crippen molar-refractivity contribution in [1.29, 1.82) is 0 Å². The van der Waals surface area contributed by atoms with Crippen LogP contribution in [0.5, 0.6) is 0 Å². The standard InChI is InChI=1S/C9H11Cl2N3/c1-2-9(3-4-9)14-7-6(10)5-12-8(11)13-7/h5H,2-4H2,1H3,(H,12,13,14). The van der Waals surface area contributed by atoms with E-state index in [2.05, 4.69) is 22.2 Å². The number of halogens is 2. The van der Waals surface area contributed by atoms with Gasteiger partial charge in [0.05, 0.1) is 6.20 Å². The number of aromatic nitrogens is 2. The Hall–Kier alpha value is -0.540. The van der Waals surface area contributed by atoms with Crippen LogP contribution in [0.4, 0.5) is 5.82 Å². The van der Waals surface area contributed by atoms with Crippen LogP contribution in [0.2, 0.25) is 10.3 Å². The van der Waals surface area contributed by atoms with E-state index in [4.69, 9.17) is 23.2 Å². The molecular formula is C9H11Cl2N3. The quantitative estimate of drug-likeness (QED) is 0.813. The molecule has 0 bridgehead atoms. The molecule has 0 atom stereocenters. The highest BCUT2D eigenvalue weighted by molar-refractivity contribution is 6.33. The van der Waals surface area contributed by atoms with Gasteiger partial charge >= 0.3 is 0 Å². The summed E-state index contributed by atoms with van der Waals surface area (Å²) in [7, 11) is 0. The third kappa shape index (κ3) is 1.93. The molecule has 0 unspecified atom stereocenters. The van der Waals surface area contributed by atoms with Gasteiger partial charge in [-0.1, -0.05) is 18.5 Å². The lowest BCUT2D eigenvalue weighted by atomic mass is 10.2. The van der Waals surface area contributed by atoms with Gasteiger partial charge in [-0.2, -0.15) is 4.98 Å². The molecule has 1 aliphatic rings. The van der Waals surface area contributed by atoms with E-state index in [-0.39, 0.29) is 10.8 Å². The summed E-state index contributed by atoms with van der Waals surface area (Å²) in [5.41, 5.74) is 0.196. The Morgan fingerprint density at radius 1 is 1.50 bits per heavy atom. The topological polar surface area (TPSA) is 37.8 Å². The molecule has 0 aromatic carbocycles. The van der Waals surface area contributed by atoms with Crippen molar-refractivity contribution in [2.45, 2.75) is 31.7 Å². The Morgan fingerprint density at radius 2 is 2.21 bits per heavy atom. The maximum atomic E-state index is 5.94. The molecule has 1 aromatic rings. The Morgan fingerprint density at radius 3 is 2.79 bits per heavy atom. The lowest BCUT2D eigenvalue weighted by Crippen LogP contribution is -2.20. The SMILES string of the molecule is CCC1(Nc2nc(Cl)ncc2Cl)CC1. The Labute approximate surface area is 92.8 Å². The van der Waals surface area contributed by atoms with E-state index in [1.54, 1.807) is 0 Å². The normalized spacial score (nSPS) is 17.9. The van der Waals surface area contributed by atoms with E-state index in [9.17, 15) is 0 Å². The van der Waals surface area contributed by atoms with Crippen LogP contribution in [0.15, 0.2) is 6.20 Å². The second kappa shape index (κ2) is 3.55. The number of hydrogen-bond donors (Lipinski definition) is 1. The van der Waals surface area contributed by atoms with E-state index in [0.717, 1.165) is 6.42 Å². The van der Waals surface area contributed by atoms with Crippen molar-refractivity contribution >= 4 is 29.0 Å². The lowest BCUT2D eigenvalue weighted by molar-refractivity contribution is 0.697. The van der Waals surface area contributed by atoms with Gasteiger partial charge in [0.15, 0.2) is 0 Å². The van der Waals surface area contributed by atoms with Crippen LogP contribution in [0.3, 0.4) is 0 Å². The Kier molecular flexibility index (Phi) is 2.54. The minimum Gasteiger partial charge on any atom is -0.363 e. The fourth-order valence-electron chi connectivity index (χ4n) is 1.40. The molecule has 76 valence electrons. The summed E-state index contributed by atoms with van der Waals surface area (Å²) in [6.07, 6.45) is 4.93. The van der Waals surface area contributed by atoms with Crippen molar-refractivity contribution in [3.05, 3.63) is 16.5 Å². The van der Waals surface area contributed by atoms with Gasteiger partial charge in [0.1, 0.15) is 10.8 Å². The predicted molar refractivity (Wildman–Crippen MR) is 57.9 cm³/mol. The van der Waals surface area contributed by atoms with Gasteiger partial charge in [-0.25, -0.2) is 4.98 Å². The Balaban J connectivity index is 2.20. The van der Waals surface area contributed by atoms with Crippen molar-refractivity contribution in [1.82, 2.24) is 9.97 Å². The molecule has 2 rings (SSSR count). The molecule has 1 saturated carbocycles. The van der Waals surface area contributed by atoms with Crippen LogP contribution in [-0.4, -0.2) is 15.5 Å². The number of anilines is 1. The van der Waals surface area contributed by atoms with Crippen molar-refractivity contribution in [3.63, 3.8) is 0 Å². The molecule has 14 heavy (non-hydrogen) atoms. The van der Waals surface area contributed by atoms with Gasteiger partial charge in [0.25, 0.3) is 0 Å². The smallest absolute Gasteiger partial charge is 0.224 e. The lowest BCUT2D eigenvalue weighted by Gasteiger charge is -2.16. The van der Waals surface area contributed by atoms with Gasteiger partial charge in [-0.05, 0) is 30.9 Å². The van der Waals surface area contributed by atoms with Crippen molar-refractivity contribution in [3.8, 4) is 0 Å². The molecule has 1 aromatic heterocycles. The van der Waals surface area contributed by atoms with Crippen LogP contribution in [0.1, 0.15) is 26.2 Å². The van der Waals surface area contributed by atoms with Gasteiger partial charge in [-0.15, -0.1) is 0 Å². The van der Waals surface area contributed by atoms with E-state index < -0.39 is 0 Å². The van der Waals surface area contributed by atoms with Crippen LogP contribution >= 0.6 is 23.2 Å². The first-order valence-electron chi connectivity index (χ1n) is 4.61. The van der Waals surface area contributed by atoms with Crippen LogP contribution in [-0.2, 0) is 0 Å². The number of rotatable bonds is 3. The third-order valence-corrected chi connectivity index (χ3v) is 3.09. The monoisotopic (exact) mass is 231 g/mol. The summed E-state index contributed by atoms with van der Waals surface area (Å²) >= 11 is 11.6. The molecular weight excluding hydrogens is 221 g/mol. The molecule has 0 spiro atoms. The minimum absolute atomic E-state index is 0.196. The van der Waals surface area contributed by atoms with Crippen molar-refractivity contribution in [2.24, 2.45) is 0 Å². The first-order chi connectivity index (χ1) is 6.65. The largest absolute Gasteiger partial charge is 0.363 e. The third-order valence-electron chi connectivity index (χ3n) is 2.63. The first-order valence-corrected chi connectivity index (χ1v) is 5.37. The van der Waals surface area contributed by atoms with Crippen LogP contribution in [0, 0.1) is 0 Å². The summed E-state index contributed by atoms with van der Waals surface area (Å²) < 4.78 is 0. The zero-order chi connectivity index (χ0) is 10.2. The second-order valence-corrected chi connectivity index (χ2v) is 4.34. The van der Waals surface area contributed by atoms with Gasteiger partial charge in [0.2, 0.25) is 5.28 Å². The molecule has 1 N–H and O–H groups in total. The highest BCUT2D eigenvalue weighted by atomic mass is 35.5. The molecule has 1 fully saturated rings. The highest BCUT2D eigenvalue weighted by Gasteiger charge is 2.41. The van der Waals surface area contributed by atoms with Gasteiger partial charge in [0, 0.05) is 5.54 Å². The molecule has 5 heteroatoms. The van der Waals surface area contributed by atoms with E-state index in [1.165, 1.54) is 19.0 Å². The summed E-state index contributed by atoms with van der Waals surface area (Å²) in [4.78, 5) is 7.86. The molecule has 0 saturated heterocycles. The molecule has 0 amide bonds. The predicted octanol–water partition coefficient (Wildman–Crippen LogP) is 3.14. The van der Waals surface area contributed by atoms with Crippen LogP contribution < -0.4 is 5.32 Å². The van der Waals surface area contributed by atoms with Crippen molar-refractivity contribution < 1.29 is 0 Å². The molecule has 1 heterocycles. The summed E-state index contributed by atoms with van der Waals surface area (Å²) in [6, 6.07) is 0. The number of hydrogen-bond acceptors (Lipinski definition) is 3. The average molecular weight is 232 g/mol. The van der Waals surface area contributed by atoms with Gasteiger partial charge < -0.3 is 5.32 Å². The molecule has 1 aliphatic carbocycles. The fourth-order valence-corrected chi connectivity index (χ4v) is 1.67. The average Bonchev–Trinajstić information content (AvgIpc) is 2.92. The number of nitrogens with zero attached hydrogens (tertiary/aromatic N) is 2. The fraction of sp³-hybridized carbons (Fsp3) is 0.556. The van der Waals surface area contributed by atoms with Gasteiger partial charge in [-0.3, -0.25) is 0 Å². The molecule has 3 nitrogen and oxygen atoms in total. The summed E-state index contributed by atoms with van der Waals surface area (Å²) in [5.74, 6) is 0.644. The highest BCUT2D eigenvalue weighted by Crippen LogP contribution is 2.42. The van der Waals surface area contributed by atoms with E-state index >= 15 is 0 Å². The Bertz CT molecular complexity index is 350. The molecule has 0 radical (unpaired) electrons. The van der Waals surface area contributed by atoms with Crippen molar-refractivity contribution in [2.75, 3.05) is 5.32 Å². The summed E-state index contributed by atoms with van der Waals surface area (Å²) in [6.45, 7) is 2.15. The van der Waals surface area contributed by atoms with E-state index in [1.807, 2.05) is 0 Å². The van der Waals surface area contributed by atoms with E-state index in [0.29, 0.717) is 10.8 Å². The maximum absolute atomic E-state index is 5.94. The first kappa shape index (κ1) is 9.99. The number of nitrogens with one attached hydrogen (secondary N) is 1. The minimum atomic E-state index is 0.196. The summed E-state index contributed by atoms with van der Waals surface area (Å²) in [5, 5.41) is 4.07. The molecule has 0 aliphatic heterocycles. The zero-order valence-electron chi connectivity index (χ0n) is 7.85. The second-order valence-electron chi connectivity index (χ2n) is 3.59. The van der Waals surface area contributed by atoms with Crippen LogP contribution in [0.25, 0.3) is 0 Å². The zero-order valence-corrected chi connectivity index (χ0v) is 9.36.